The van der Waals surface area contributed by atoms with Crippen LogP contribution in [-0.4, -0.2) is 57.8 Å². The number of aromatic nitrogens is 2. The highest BCUT2D eigenvalue weighted by molar-refractivity contribution is 5.78. The average Bonchev–Trinajstić information content (AvgIpc) is 3.23. The summed E-state index contributed by atoms with van der Waals surface area (Å²) in [6, 6.07) is 3.42. The zero-order chi connectivity index (χ0) is 16.2. The van der Waals surface area contributed by atoms with Crippen molar-refractivity contribution in [1.82, 2.24) is 15.0 Å². The quantitative estimate of drug-likeness (QED) is 0.849. The number of aliphatic carboxylic acids is 1. The molecule has 122 valence electrons. The lowest BCUT2D eigenvalue weighted by Gasteiger charge is -2.30. The second-order valence-corrected chi connectivity index (χ2v) is 5.03. The highest BCUT2D eigenvalue weighted by atomic mass is 16.5. The summed E-state index contributed by atoms with van der Waals surface area (Å²) in [5.74, 6) is -0.0915. The van der Waals surface area contributed by atoms with Gasteiger partial charge in [-0.3, -0.25) is 4.79 Å². The Morgan fingerprint density at radius 2 is 2.30 bits per heavy atom. The number of amides is 1. The molecule has 23 heavy (non-hydrogen) atoms. The van der Waals surface area contributed by atoms with Crippen LogP contribution in [-0.2, 0) is 20.7 Å². The molecular weight excluding hydrogens is 306 g/mol. The third-order valence-corrected chi connectivity index (χ3v) is 3.46. The second kappa shape index (κ2) is 6.61. The Hall–Kier alpha value is -2.68. The summed E-state index contributed by atoms with van der Waals surface area (Å²) in [5, 5.41) is 12.7. The first-order valence-corrected chi connectivity index (χ1v) is 7.12. The van der Waals surface area contributed by atoms with E-state index in [1.807, 2.05) is 0 Å². The van der Waals surface area contributed by atoms with Gasteiger partial charge in [-0.15, -0.1) is 0 Å². The minimum absolute atomic E-state index is 0.0512. The van der Waals surface area contributed by atoms with E-state index < -0.39 is 12.1 Å². The SMILES string of the molecule is O=C(O)C1CN(C(=O)CCc2nc(-c3ccco3)no2)CCO1. The van der Waals surface area contributed by atoms with Crippen LogP contribution in [0.4, 0.5) is 0 Å². The molecule has 1 aliphatic rings. The van der Waals surface area contributed by atoms with E-state index in [1.165, 1.54) is 11.2 Å². The zero-order valence-corrected chi connectivity index (χ0v) is 12.2. The lowest BCUT2D eigenvalue weighted by Crippen LogP contribution is -2.48. The second-order valence-electron chi connectivity index (χ2n) is 5.03. The number of carboxylic acid groups (broad SMARTS) is 1. The molecule has 0 saturated carbocycles. The molecule has 0 aliphatic carbocycles. The lowest BCUT2D eigenvalue weighted by molar-refractivity contribution is -0.159. The summed E-state index contributed by atoms with van der Waals surface area (Å²) in [6.45, 7) is 0.644. The first kappa shape index (κ1) is 15.2. The fraction of sp³-hybridized carbons (Fsp3) is 0.429. The van der Waals surface area contributed by atoms with Crippen LogP contribution < -0.4 is 0 Å². The number of furan rings is 1. The Morgan fingerprint density at radius 3 is 3.04 bits per heavy atom. The van der Waals surface area contributed by atoms with E-state index >= 15 is 0 Å². The van der Waals surface area contributed by atoms with Gasteiger partial charge < -0.3 is 23.7 Å². The molecule has 1 N–H and O–H groups in total. The number of rotatable bonds is 5. The maximum Gasteiger partial charge on any atom is 0.334 e. The molecule has 9 nitrogen and oxygen atoms in total. The van der Waals surface area contributed by atoms with E-state index in [0.29, 0.717) is 24.0 Å². The Bertz CT molecular complexity index is 681. The number of hydrogen-bond acceptors (Lipinski definition) is 7. The van der Waals surface area contributed by atoms with Gasteiger partial charge in [-0.1, -0.05) is 5.16 Å². The van der Waals surface area contributed by atoms with Gasteiger partial charge in [0.05, 0.1) is 19.4 Å². The van der Waals surface area contributed by atoms with Gasteiger partial charge in [0.15, 0.2) is 11.9 Å². The summed E-state index contributed by atoms with van der Waals surface area (Å²) in [5.41, 5.74) is 0. The van der Waals surface area contributed by atoms with Crippen molar-refractivity contribution >= 4 is 11.9 Å². The van der Waals surface area contributed by atoms with Crippen molar-refractivity contribution in [2.75, 3.05) is 19.7 Å². The monoisotopic (exact) mass is 321 g/mol. The number of ether oxygens (including phenoxy) is 1. The van der Waals surface area contributed by atoms with Crippen molar-refractivity contribution < 1.29 is 28.4 Å². The molecule has 3 rings (SSSR count). The van der Waals surface area contributed by atoms with Gasteiger partial charge in [-0.05, 0) is 12.1 Å². The van der Waals surface area contributed by atoms with Crippen LogP contribution in [0.15, 0.2) is 27.3 Å². The van der Waals surface area contributed by atoms with Crippen molar-refractivity contribution in [2.24, 2.45) is 0 Å². The predicted octanol–water partition coefficient (Wildman–Crippen LogP) is 0.574. The first-order valence-electron chi connectivity index (χ1n) is 7.12. The highest BCUT2D eigenvalue weighted by Crippen LogP contribution is 2.16. The van der Waals surface area contributed by atoms with Crippen molar-refractivity contribution in [2.45, 2.75) is 18.9 Å². The van der Waals surface area contributed by atoms with Crippen LogP contribution in [0.5, 0.6) is 0 Å². The average molecular weight is 321 g/mol. The van der Waals surface area contributed by atoms with Gasteiger partial charge in [0, 0.05) is 19.4 Å². The normalized spacial score (nSPS) is 18.1. The standard InChI is InChI=1S/C14H15N3O6/c18-12(17-5-7-22-10(8-17)14(19)20)4-3-11-15-13(16-23-11)9-2-1-6-21-9/h1-2,6,10H,3-5,7-8H2,(H,19,20). The number of nitrogens with zero attached hydrogens (tertiary/aromatic N) is 3. The van der Waals surface area contributed by atoms with Crippen molar-refractivity contribution in [3.63, 3.8) is 0 Å². The molecule has 1 unspecified atom stereocenters. The number of carbonyl (C=O) groups excluding carboxylic acids is 1. The van der Waals surface area contributed by atoms with Gasteiger partial charge >= 0.3 is 5.97 Å². The molecule has 9 heteroatoms. The number of hydrogen-bond donors (Lipinski definition) is 1. The Morgan fingerprint density at radius 1 is 1.43 bits per heavy atom. The Balaban J connectivity index is 1.54. The van der Waals surface area contributed by atoms with Gasteiger partial charge in [0.25, 0.3) is 0 Å². The van der Waals surface area contributed by atoms with Crippen LogP contribution in [0.2, 0.25) is 0 Å². The highest BCUT2D eigenvalue weighted by Gasteiger charge is 2.28. The number of carbonyl (C=O) groups is 2. The van der Waals surface area contributed by atoms with E-state index in [4.69, 9.17) is 18.8 Å². The lowest BCUT2D eigenvalue weighted by atomic mass is 10.2. The maximum absolute atomic E-state index is 12.1. The molecule has 1 atom stereocenters. The molecule has 0 aromatic carbocycles. The van der Waals surface area contributed by atoms with E-state index in [1.54, 1.807) is 12.1 Å². The minimum atomic E-state index is -1.07. The number of carboxylic acids is 1. The van der Waals surface area contributed by atoms with Crippen LogP contribution in [0.3, 0.4) is 0 Å². The van der Waals surface area contributed by atoms with E-state index in [0.717, 1.165) is 0 Å². The topological polar surface area (TPSA) is 119 Å². The Kier molecular flexibility index (Phi) is 4.38. The van der Waals surface area contributed by atoms with Crippen LogP contribution in [0, 0.1) is 0 Å². The summed E-state index contributed by atoms with van der Waals surface area (Å²) >= 11 is 0. The largest absolute Gasteiger partial charge is 0.479 e. The molecule has 0 bridgehead atoms. The van der Waals surface area contributed by atoms with Crippen molar-refractivity contribution in [3.05, 3.63) is 24.3 Å². The van der Waals surface area contributed by atoms with E-state index in [2.05, 4.69) is 10.1 Å². The molecule has 2 aromatic heterocycles. The zero-order valence-electron chi connectivity index (χ0n) is 12.2. The molecular formula is C14H15N3O6. The number of aryl methyl sites for hydroxylation is 1. The number of morpholine rings is 1. The van der Waals surface area contributed by atoms with E-state index in [9.17, 15) is 9.59 Å². The molecule has 1 saturated heterocycles. The summed E-state index contributed by atoms with van der Waals surface area (Å²) in [7, 11) is 0. The Labute approximate surface area is 130 Å². The molecule has 2 aromatic rings. The summed E-state index contributed by atoms with van der Waals surface area (Å²) in [6.07, 6.45) is 0.974. The van der Waals surface area contributed by atoms with Crippen LogP contribution >= 0.6 is 0 Å². The minimum Gasteiger partial charge on any atom is -0.479 e. The fourth-order valence-electron chi connectivity index (χ4n) is 2.26. The van der Waals surface area contributed by atoms with Crippen LogP contribution in [0.25, 0.3) is 11.6 Å². The van der Waals surface area contributed by atoms with Gasteiger partial charge in [-0.25, -0.2) is 4.79 Å². The van der Waals surface area contributed by atoms with Gasteiger partial charge in [0.2, 0.25) is 17.6 Å². The summed E-state index contributed by atoms with van der Waals surface area (Å²) in [4.78, 5) is 28.7. The van der Waals surface area contributed by atoms with Gasteiger partial charge in [-0.2, -0.15) is 4.98 Å². The maximum atomic E-state index is 12.1. The van der Waals surface area contributed by atoms with E-state index in [-0.39, 0.29) is 31.9 Å². The molecule has 3 heterocycles. The predicted molar refractivity (Wildman–Crippen MR) is 74.3 cm³/mol. The molecule has 0 spiro atoms. The molecule has 1 aliphatic heterocycles. The molecule has 1 amide bonds. The molecule has 0 radical (unpaired) electrons. The first-order chi connectivity index (χ1) is 11.1. The van der Waals surface area contributed by atoms with Crippen molar-refractivity contribution in [1.29, 1.82) is 0 Å². The third-order valence-electron chi connectivity index (χ3n) is 3.46. The smallest absolute Gasteiger partial charge is 0.334 e. The molecule has 1 fully saturated rings. The fourth-order valence-corrected chi connectivity index (χ4v) is 2.26. The van der Waals surface area contributed by atoms with Crippen molar-refractivity contribution in [3.8, 4) is 11.6 Å². The summed E-state index contributed by atoms with van der Waals surface area (Å²) < 4.78 is 15.3. The van der Waals surface area contributed by atoms with Crippen LogP contribution in [0.1, 0.15) is 12.3 Å². The van der Waals surface area contributed by atoms with Gasteiger partial charge in [0.1, 0.15) is 0 Å². The third kappa shape index (κ3) is 3.57.